The minimum Gasteiger partial charge on any atom is -0.381 e. The van der Waals surface area contributed by atoms with Gasteiger partial charge in [-0.3, -0.25) is 9.59 Å². The molecule has 2 aliphatic heterocycles. The zero-order valence-corrected chi connectivity index (χ0v) is 19.6. The van der Waals surface area contributed by atoms with Gasteiger partial charge in [0.1, 0.15) is 0 Å². The number of halogens is 1. The van der Waals surface area contributed by atoms with E-state index in [4.69, 9.17) is 16.3 Å². The summed E-state index contributed by atoms with van der Waals surface area (Å²) in [7, 11) is -3.88. The Labute approximate surface area is 198 Å². The summed E-state index contributed by atoms with van der Waals surface area (Å²) in [5.74, 6) is -0.710. The monoisotopic (exact) mass is 491 g/mol. The molecule has 2 aromatic rings. The predicted octanol–water partition coefficient (Wildman–Crippen LogP) is 1.94. The van der Waals surface area contributed by atoms with E-state index in [0.29, 0.717) is 24.8 Å². The second-order valence-electron chi connectivity index (χ2n) is 8.30. The summed E-state index contributed by atoms with van der Waals surface area (Å²) in [6, 6.07) is 13.5. The molecule has 8 nitrogen and oxygen atoms in total. The van der Waals surface area contributed by atoms with E-state index >= 15 is 0 Å². The first-order valence-corrected chi connectivity index (χ1v) is 12.6. The van der Waals surface area contributed by atoms with E-state index in [9.17, 15) is 18.0 Å². The lowest BCUT2D eigenvalue weighted by Gasteiger charge is -2.38. The number of sulfonamides is 1. The molecule has 2 saturated heterocycles. The molecule has 0 radical (unpaired) electrons. The van der Waals surface area contributed by atoms with Crippen LogP contribution in [0.4, 0.5) is 0 Å². The van der Waals surface area contributed by atoms with Crippen LogP contribution in [0.25, 0.3) is 0 Å². The first-order chi connectivity index (χ1) is 15.8. The van der Waals surface area contributed by atoms with E-state index in [1.165, 1.54) is 18.2 Å². The maximum Gasteiger partial charge on any atom is 0.251 e. The number of nitrogens with one attached hydrogen (secondary N) is 2. The second kappa shape index (κ2) is 9.80. The molecule has 2 aromatic carbocycles. The largest absolute Gasteiger partial charge is 0.381 e. The number of carbonyl (C=O) groups is 2. The molecule has 2 N–H and O–H groups in total. The first-order valence-electron chi connectivity index (χ1n) is 10.8. The van der Waals surface area contributed by atoms with Gasteiger partial charge in [0.25, 0.3) is 5.91 Å². The molecule has 0 atom stereocenters. The molecular weight excluding hydrogens is 466 g/mol. The summed E-state index contributed by atoms with van der Waals surface area (Å²) >= 11 is 6.21. The summed E-state index contributed by atoms with van der Waals surface area (Å²) < 4.78 is 32.6. The van der Waals surface area contributed by atoms with Gasteiger partial charge < -0.3 is 15.4 Å². The molecule has 2 heterocycles. The van der Waals surface area contributed by atoms with Crippen molar-refractivity contribution in [1.82, 2.24) is 14.9 Å². The van der Waals surface area contributed by atoms with Crippen LogP contribution in [0.1, 0.15) is 28.8 Å². The Hall–Kier alpha value is -2.46. The van der Waals surface area contributed by atoms with Crippen LogP contribution in [-0.2, 0) is 25.0 Å². The molecular formula is C23H26ClN3O5S. The van der Waals surface area contributed by atoms with Crippen LogP contribution < -0.4 is 10.6 Å². The topological polar surface area (TPSA) is 105 Å². The lowest BCUT2D eigenvalue weighted by Crippen LogP contribution is -2.49. The van der Waals surface area contributed by atoms with Crippen molar-refractivity contribution in [3.8, 4) is 0 Å². The van der Waals surface area contributed by atoms with Gasteiger partial charge in [0.05, 0.1) is 11.4 Å². The lowest BCUT2D eigenvalue weighted by molar-refractivity contribution is -0.122. The van der Waals surface area contributed by atoms with E-state index in [0.717, 1.165) is 22.7 Å². The molecule has 0 bridgehead atoms. The van der Waals surface area contributed by atoms with E-state index in [1.54, 1.807) is 6.07 Å². The Morgan fingerprint density at radius 1 is 1.15 bits per heavy atom. The fraction of sp³-hybridized carbons (Fsp3) is 0.391. The van der Waals surface area contributed by atoms with Gasteiger partial charge in [0.15, 0.2) is 0 Å². The first kappa shape index (κ1) is 23.7. The lowest BCUT2D eigenvalue weighted by atomic mass is 9.74. The SMILES string of the molecule is O=C1CN(S(=O)(=O)c2cccc(C(=O)NCC3(c4cccc(Cl)c4)CCOCC3)c2)CCN1. The van der Waals surface area contributed by atoms with Crippen molar-refractivity contribution in [3.63, 3.8) is 0 Å². The van der Waals surface area contributed by atoms with Gasteiger partial charge in [0.2, 0.25) is 15.9 Å². The molecule has 0 aromatic heterocycles. The highest BCUT2D eigenvalue weighted by atomic mass is 35.5. The van der Waals surface area contributed by atoms with Crippen LogP contribution in [0.3, 0.4) is 0 Å². The van der Waals surface area contributed by atoms with Crippen molar-refractivity contribution in [2.24, 2.45) is 0 Å². The van der Waals surface area contributed by atoms with Crippen LogP contribution in [0, 0.1) is 0 Å². The maximum atomic E-state index is 13.0. The number of hydrogen-bond donors (Lipinski definition) is 2. The van der Waals surface area contributed by atoms with Crippen LogP contribution in [-0.4, -0.2) is 63.9 Å². The Balaban J connectivity index is 1.52. The van der Waals surface area contributed by atoms with Crippen LogP contribution >= 0.6 is 11.6 Å². The highest BCUT2D eigenvalue weighted by Gasteiger charge is 2.35. The molecule has 0 spiro atoms. The summed E-state index contributed by atoms with van der Waals surface area (Å²) in [6.45, 7) is 1.75. The van der Waals surface area contributed by atoms with E-state index in [1.807, 2.05) is 24.3 Å². The molecule has 4 rings (SSSR count). The summed E-state index contributed by atoms with van der Waals surface area (Å²) in [5, 5.41) is 6.22. The number of ether oxygens (including phenoxy) is 1. The van der Waals surface area contributed by atoms with E-state index in [2.05, 4.69) is 10.6 Å². The highest BCUT2D eigenvalue weighted by molar-refractivity contribution is 7.89. The number of carbonyl (C=O) groups excluding carboxylic acids is 2. The Bertz CT molecular complexity index is 1150. The van der Waals surface area contributed by atoms with Gasteiger partial charge in [-0.1, -0.05) is 29.8 Å². The number of rotatable bonds is 6. The van der Waals surface area contributed by atoms with Crippen molar-refractivity contribution < 1.29 is 22.7 Å². The van der Waals surface area contributed by atoms with Crippen molar-refractivity contribution in [1.29, 1.82) is 0 Å². The summed E-state index contributed by atoms with van der Waals surface area (Å²) in [5.41, 5.74) is 0.966. The van der Waals surface area contributed by atoms with E-state index in [-0.39, 0.29) is 47.3 Å². The van der Waals surface area contributed by atoms with Gasteiger partial charge in [-0.2, -0.15) is 4.31 Å². The number of amides is 2. The fourth-order valence-electron chi connectivity index (χ4n) is 4.27. The molecule has 10 heteroatoms. The van der Waals surface area contributed by atoms with Gasteiger partial charge in [0, 0.05) is 48.8 Å². The third-order valence-electron chi connectivity index (χ3n) is 6.21. The van der Waals surface area contributed by atoms with Crippen LogP contribution in [0.5, 0.6) is 0 Å². The minimum absolute atomic E-state index is 0.0135. The highest BCUT2D eigenvalue weighted by Crippen LogP contribution is 2.35. The Morgan fingerprint density at radius 3 is 2.64 bits per heavy atom. The maximum absolute atomic E-state index is 13.0. The number of nitrogens with zero attached hydrogens (tertiary/aromatic N) is 1. The smallest absolute Gasteiger partial charge is 0.251 e. The third kappa shape index (κ3) is 5.22. The minimum atomic E-state index is -3.88. The van der Waals surface area contributed by atoms with Crippen LogP contribution in [0.2, 0.25) is 5.02 Å². The fourth-order valence-corrected chi connectivity index (χ4v) is 5.90. The van der Waals surface area contributed by atoms with Crippen molar-refractivity contribution in [2.45, 2.75) is 23.2 Å². The molecule has 0 unspecified atom stereocenters. The number of hydrogen-bond acceptors (Lipinski definition) is 5. The molecule has 2 fully saturated rings. The summed E-state index contributed by atoms with van der Waals surface area (Å²) in [4.78, 5) is 24.6. The third-order valence-corrected chi connectivity index (χ3v) is 8.29. The van der Waals surface area contributed by atoms with E-state index < -0.39 is 10.0 Å². The van der Waals surface area contributed by atoms with Gasteiger partial charge in [-0.25, -0.2) is 8.42 Å². The normalized spacial score (nSPS) is 19.0. The predicted molar refractivity (Wildman–Crippen MR) is 124 cm³/mol. The van der Waals surface area contributed by atoms with Gasteiger partial charge >= 0.3 is 0 Å². The zero-order valence-electron chi connectivity index (χ0n) is 18.1. The average Bonchev–Trinajstić information content (AvgIpc) is 2.83. The Kier molecular flexibility index (Phi) is 7.04. The molecule has 33 heavy (non-hydrogen) atoms. The summed E-state index contributed by atoms with van der Waals surface area (Å²) in [6.07, 6.45) is 1.47. The zero-order chi connectivity index (χ0) is 23.5. The average molecular weight is 492 g/mol. The standard InChI is InChI=1S/C23H26ClN3O5S/c24-19-5-2-4-18(14-19)23(7-11-32-12-8-23)16-26-22(29)17-3-1-6-20(13-17)33(30,31)27-10-9-25-21(28)15-27/h1-6,13-14H,7-12,15-16H2,(H,25,28)(H,26,29). The number of benzene rings is 2. The van der Waals surface area contributed by atoms with Gasteiger partial charge in [-0.05, 0) is 48.7 Å². The molecule has 176 valence electrons. The molecule has 0 saturated carbocycles. The second-order valence-corrected chi connectivity index (χ2v) is 10.7. The van der Waals surface area contributed by atoms with Crippen LogP contribution in [0.15, 0.2) is 53.4 Å². The molecule has 2 amide bonds. The van der Waals surface area contributed by atoms with Gasteiger partial charge in [-0.15, -0.1) is 0 Å². The quantitative estimate of drug-likeness (QED) is 0.642. The van der Waals surface area contributed by atoms with Crippen molar-refractivity contribution in [2.75, 3.05) is 39.4 Å². The van der Waals surface area contributed by atoms with Crippen molar-refractivity contribution >= 4 is 33.4 Å². The van der Waals surface area contributed by atoms with Crippen molar-refractivity contribution in [3.05, 3.63) is 64.7 Å². The molecule has 0 aliphatic carbocycles. The number of piperazine rings is 1. The Morgan fingerprint density at radius 2 is 1.91 bits per heavy atom. The molecule has 2 aliphatic rings.